The number of nitrogens with one attached hydrogen (secondary N) is 2. The fourth-order valence-corrected chi connectivity index (χ4v) is 3.66. The number of carbonyl (C=O) groups is 2. The van der Waals surface area contributed by atoms with Crippen molar-refractivity contribution in [2.75, 3.05) is 45.1 Å². The van der Waals surface area contributed by atoms with E-state index in [0.29, 0.717) is 12.5 Å². The molecule has 2 fully saturated rings. The SMILES string of the molecule is C[C@H]1C[C@@H](C(=O)Nc2ccc(CC(=O)N3CCN(C)CC3)cc2)CCN1. The van der Waals surface area contributed by atoms with Crippen LogP contribution in [0, 0.1) is 5.92 Å². The van der Waals surface area contributed by atoms with E-state index in [4.69, 9.17) is 0 Å². The van der Waals surface area contributed by atoms with E-state index in [1.807, 2.05) is 29.2 Å². The number of hydrogen-bond donors (Lipinski definition) is 2. The summed E-state index contributed by atoms with van der Waals surface area (Å²) in [5.41, 5.74) is 1.79. The Morgan fingerprint density at radius 2 is 1.85 bits per heavy atom. The van der Waals surface area contributed by atoms with E-state index < -0.39 is 0 Å². The Labute approximate surface area is 155 Å². The van der Waals surface area contributed by atoms with Crippen LogP contribution >= 0.6 is 0 Å². The zero-order chi connectivity index (χ0) is 18.5. The van der Waals surface area contributed by atoms with Crippen LogP contribution in [0.1, 0.15) is 25.3 Å². The minimum atomic E-state index is 0.0738. The predicted molar refractivity (Wildman–Crippen MR) is 103 cm³/mol. The first-order chi connectivity index (χ1) is 12.5. The number of benzene rings is 1. The molecule has 0 spiro atoms. The van der Waals surface area contributed by atoms with Crippen LogP contribution < -0.4 is 10.6 Å². The third-order valence-electron chi connectivity index (χ3n) is 5.43. The second-order valence-electron chi connectivity index (χ2n) is 7.62. The van der Waals surface area contributed by atoms with Gasteiger partial charge in [-0.25, -0.2) is 0 Å². The van der Waals surface area contributed by atoms with Crippen molar-refractivity contribution < 1.29 is 9.59 Å². The van der Waals surface area contributed by atoms with Crippen molar-refractivity contribution in [1.29, 1.82) is 0 Å². The van der Waals surface area contributed by atoms with Gasteiger partial charge < -0.3 is 20.4 Å². The molecule has 2 N–H and O–H groups in total. The van der Waals surface area contributed by atoms with Gasteiger partial charge in [0, 0.05) is 43.8 Å². The molecular weight excluding hydrogens is 328 g/mol. The van der Waals surface area contributed by atoms with Gasteiger partial charge in [-0.1, -0.05) is 12.1 Å². The smallest absolute Gasteiger partial charge is 0.227 e. The van der Waals surface area contributed by atoms with Crippen molar-refractivity contribution in [2.24, 2.45) is 5.92 Å². The standard InChI is InChI=1S/C20H30N4O2/c1-15-13-17(7-8-21-15)20(26)22-18-5-3-16(4-6-18)14-19(25)24-11-9-23(2)10-12-24/h3-6,15,17,21H,7-14H2,1-2H3,(H,22,26)/t15-,17-/m0/s1. The molecule has 2 saturated heterocycles. The molecule has 0 bridgehead atoms. The Morgan fingerprint density at radius 1 is 1.15 bits per heavy atom. The number of rotatable bonds is 4. The number of piperazine rings is 1. The highest BCUT2D eigenvalue weighted by Crippen LogP contribution is 2.19. The molecule has 2 aliphatic heterocycles. The van der Waals surface area contributed by atoms with E-state index in [-0.39, 0.29) is 17.7 Å². The summed E-state index contributed by atoms with van der Waals surface area (Å²) in [5, 5.41) is 6.38. The lowest BCUT2D eigenvalue weighted by Crippen LogP contribution is -2.47. The molecule has 1 aromatic carbocycles. The summed E-state index contributed by atoms with van der Waals surface area (Å²) in [6, 6.07) is 8.07. The van der Waals surface area contributed by atoms with Crippen LogP contribution in [0.15, 0.2) is 24.3 Å². The van der Waals surface area contributed by atoms with Crippen molar-refractivity contribution in [1.82, 2.24) is 15.1 Å². The average Bonchev–Trinajstić information content (AvgIpc) is 2.64. The quantitative estimate of drug-likeness (QED) is 0.852. The second kappa shape index (κ2) is 8.64. The van der Waals surface area contributed by atoms with Crippen molar-refractivity contribution >= 4 is 17.5 Å². The molecule has 2 atom stereocenters. The molecule has 3 rings (SSSR count). The van der Waals surface area contributed by atoms with E-state index in [0.717, 1.165) is 56.8 Å². The molecule has 2 amide bonds. The Balaban J connectivity index is 1.50. The number of anilines is 1. The van der Waals surface area contributed by atoms with E-state index >= 15 is 0 Å². The largest absolute Gasteiger partial charge is 0.340 e. The van der Waals surface area contributed by atoms with E-state index in [2.05, 4.69) is 29.5 Å². The fraction of sp³-hybridized carbons (Fsp3) is 0.600. The predicted octanol–water partition coefficient (Wildman–Crippen LogP) is 1.33. The number of carbonyl (C=O) groups excluding carboxylic acids is 2. The molecule has 2 aliphatic rings. The molecule has 0 saturated carbocycles. The number of hydrogen-bond acceptors (Lipinski definition) is 4. The van der Waals surface area contributed by atoms with Crippen molar-refractivity contribution in [3.05, 3.63) is 29.8 Å². The molecule has 26 heavy (non-hydrogen) atoms. The molecule has 0 aliphatic carbocycles. The van der Waals surface area contributed by atoms with Gasteiger partial charge in [-0.05, 0) is 51.1 Å². The van der Waals surface area contributed by atoms with Crippen LogP contribution in [-0.2, 0) is 16.0 Å². The first-order valence-corrected chi connectivity index (χ1v) is 9.61. The van der Waals surface area contributed by atoms with Gasteiger partial charge in [-0.2, -0.15) is 0 Å². The number of likely N-dealkylation sites (N-methyl/N-ethyl adjacent to an activating group) is 1. The zero-order valence-corrected chi connectivity index (χ0v) is 15.8. The summed E-state index contributed by atoms with van der Waals surface area (Å²) in [6.45, 7) is 6.49. The van der Waals surface area contributed by atoms with Gasteiger partial charge in [-0.3, -0.25) is 9.59 Å². The lowest BCUT2D eigenvalue weighted by molar-refractivity contribution is -0.132. The fourth-order valence-electron chi connectivity index (χ4n) is 3.66. The van der Waals surface area contributed by atoms with Crippen LogP contribution in [0.3, 0.4) is 0 Å². The van der Waals surface area contributed by atoms with E-state index in [1.165, 1.54) is 0 Å². The molecule has 0 radical (unpaired) electrons. The number of nitrogens with zero attached hydrogens (tertiary/aromatic N) is 2. The summed E-state index contributed by atoms with van der Waals surface area (Å²) >= 11 is 0. The normalized spacial score (nSPS) is 24.3. The van der Waals surface area contributed by atoms with Crippen LogP contribution in [-0.4, -0.2) is 67.4 Å². The summed E-state index contributed by atoms with van der Waals surface area (Å²) in [4.78, 5) is 29.0. The molecule has 0 unspecified atom stereocenters. The summed E-state index contributed by atoms with van der Waals surface area (Å²) in [5.74, 6) is 0.350. The van der Waals surface area contributed by atoms with Crippen molar-refractivity contribution in [3.63, 3.8) is 0 Å². The molecule has 0 aromatic heterocycles. The lowest BCUT2D eigenvalue weighted by atomic mass is 9.92. The minimum Gasteiger partial charge on any atom is -0.340 e. The van der Waals surface area contributed by atoms with Gasteiger partial charge in [0.15, 0.2) is 0 Å². The summed E-state index contributed by atoms with van der Waals surface area (Å²) in [6.07, 6.45) is 2.18. The lowest BCUT2D eigenvalue weighted by Gasteiger charge is -2.32. The molecule has 1 aromatic rings. The minimum absolute atomic E-state index is 0.0738. The van der Waals surface area contributed by atoms with Gasteiger partial charge in [0.05, 0.1) is 6.42 Å². The van der Waals surface area contributed by atoms with E-state index in [1.54, 1.807) is 0 Å². The van der Waals surface area contributed by atoms with Gasteiger partial charge in [0.2, 0.25) is 11.8 Å². The van der Waals surface area contributed by atoms with Crippen LogP contribution in [0.2, 0.25) is 0 Å². The molecule has 2 heterocycles. The highest BCUT2D eigenvalue weighted by Gasteiger charge is 2.24. The summed E-state index contributed by atoms with van der Waals surface area (Å²) in [7, 11) is 2.08. The van der Waals surface area contributed by atoms with Gasteiger partial charge >= 0.3 is 0 Å². The van der Waals surface area contributed by atoms with Crippen molar-refractivity contribution in [2.45, 2.75) is 32.2 Å². The monoisotopic (exact) mass is 358 g/mol. The van der Waals surface area contributed by atoms with Gasteiger partial charge in [0.25, 0.3) is 0 Å². The van der Waals surface area contributed by atoms with Crippen LogP contribution in [0.25, 0.3) is 0 Å². The molecule has 142 valence electrons. The van der Waals surface area contributed by atoms with Crippen molar-refractivity contribution in [3.8, 4) is 0 Å². The molecule has 6 nitrogen and oxygen atoms in total. The second-order valence-corrected chi connectivity index (χ2v) is 7.62. The Hall–Kier alpha value is -1.92. The van der Waals surface area contributed by atoms with Gasteiger partial charge in [-0.15, -0.1) is 0 Å². The average molecular weight is 358 g/mol. The first-order valence-electron chi connectivity index (χ1n) is 9.61. The molecule has 6 heteroatoms. The number of piperidine rings is 1. The Morgan fingerprint density at radius 3 is 2.50 bits per heavy atom. The maximum Gasteiger partial charge on any atom is 0.227 e. The maximum atomic E-state index is 12.4. The van der Waals surface area contributed by atoms with Gasteiger partial charge in [0.1, 0.15) is 0 Å². The van der Waals surface area contributed by atoms with E-state index in [9.17, 15) is 9.59 Å². The third-order valence-corrected chi connectivity index (χ3v) is 5.43. The maximum absolute atomic E-state index is 12.4. The van der Waals surface area contributed by atoms with Crippen LogP contribution in [0.5, 0.6) is 0 Å². The highest BCUT2D eigenvalue weighted by atomic mass is 16.2. The number of amides is 2. The highest BCUT2D eigenvalue weighted by molar-refractivity contribution is 5.92. The summed E-state index contributed by atoms with van der Waals surface area (Å²) < 4.78 is 0. The first kappa shape index (κ1) is 18.9. The zero-order valence-electron chi connectivity index (χ0n) is 15.8. The Bertz CT molecular complexity index is 623. The Kier molecular flexibility index (Phi) is 6.27. The topological polar surface area (TPSA) is 64.7 Å². The third kappa shape index (κ3) is 5.05. The molecular formula is C20H30N4O2. The van der Waals surface area contributed by atoms with Crippen LogP contribution in [0.4, 0.5) is 5.69 Å².